The van der Waals surface area contributed by atoms with Gasteiger partial charge in [0.1, 0.15) is 10.0 Å². The summed E-state index contributed by atoms with van der Waals surface area (Å²) in [5.74, 6) is 0. The van der Waals surface area contributed by atoms with E-state index in [4.69, 9.17) is 11.6 Å². The van der Waals surface area contributed by atoms with Crippen molar-refractivity contribution in [1.82, 2.24) is 15.5 Å². The molecule has 2 aromatic rings. The van der Waals surface area contributed by atoms with Gasteiger partial charge in [-0.3, -0.25) is 0 Å². The highest BCUT2D eigenvalue weighted by Crippen LogP contribution is 2.22. The summed E-state index contributed by atoms with van der Waals surface area (Å²) in [4.78, 5) is 1.23. The van der Waals surface area contributed by atoms with E-state index in [0.717, 1.165) is 20.9 Å². The van der Waals surface area contributed by atoms with Gasteiger partial charge in [0.05, 0.1) is 10.4 Å². The third kappa shape index (κ3) is 3.01. The Morgan fingerprint density at radius 3 is 2.75 bits per heavy atom. The molecule has 0 saturated carbocycles. The maximum atomic E-state index is 5.87. The number of aryl methyl sites for hydroxylation is 1. The Kier molecular flexibility index (Phi) is 3.91. The third-order valence-electron chi connectivity index (χ3n) is 2.12. The van der Waals surface area contributed by atoms with Gasteiger partial charge >= 0.3 is 0 Å². The fourth-order valence-electron chi connectivity index (χ4n) is 1.27. The van der Waals surface area contributed by atoms with Crippen LogP contribution in [-0.2, 0) is 6.54 Å². The van der Waals surface area contributed by atoms with Gasteiger partial charge < -0.3 is 5.32 Å². The summed E-state index contributed by atoms with van der Waals surface area (Å²) < 4.78 is 0.830. The topological polar surface area (TPSA) is 37.8 Å². The van der Waals surface area contributed by atoms with E-state index in [-0.39, 0.29) is 6.04 Å². The van der Waals surface area contributed by atoms with Crippen LogP contribution in [0.15, 0.2) is 12.1 Å². The van der Waals surface area contributed by atoms with Crippen LogP contribution in [-0.4, -0.2) is 10.2 Å². The van der Waals surface area contributed by atoms with Crippen LogP contribution >= 0.6 is 34.3 Å². The fourth-order valence-corrected chi connectivity index (χ4v) is 3.04. The average molecular weight is 274 g/mol. The van der Waals surface area contributed by atoms with Gasteiger partial charge in [0.25, 0.3) is 0 Å². The molecule has 6 heteroatoms. The lowest BCUT2D eigenvalue weighted by molar-refractivity contribution is 0.571. The maximum Gasteiger partial charge on any atom is 0.134 e. The standard InChI is InChI=1S/C10H12ClN3S2/c1-6(10-14-13-7(2)15-10)12-5-8-3-4-9(11)16-8/h3-4,6,12H,5H2,1-2H3. The van der Waals surface area contributed by atoms with Crippen LogP contribution in [0.25, 0.3) is 0 Å². The van der Waals surface area contributed by atoms with Gasteiger partial charge in [-0.05, 0) is 26.0 Å². The summed E-state index contributed by atoms with van der Waals surface area (Å²) in [6.45, 7) is 4.87. The zero-order chi connectivity index (χ0) is 11.5. The Labute approximate surface area is 107 Å². The van der Waals surface area contributed by atoms with Gasteiger partial charge in [-0.2, -0.15) is 0 Å². The van der Waals surface area contributed by atoms with Crippen molar-refractivity contribution >= 4 is 34.3 Å². The predicted octanol–water partition coefficient (Wildman–Crippen LogP) is 3.41. The SMILES string of the molecule is Cc1nnc(C(C)NCc2ccc(Cl)s2)s1. The van der Waals surface area contributed by atoms with Crippen LogP contribution in [0.5, 0.6) is 0 Å². The van der Waals surface area contributed by atoms with Crippen molar-refractivity contribution in [2.45, 2.75) is 26.4 Å². The van der Waals surface area contributed by atoms with E-state index in [2.05, 4.69) is 22.4 Å². The molecule has 2 aromatic heterocycles. The van der Waals surface area contributed by atoms with E-state index in [1.54, 1.807) is 22.7 Å². The molecular weight excluding hydrogens is 262 g/mol. The molecule has 0 radical (unpaired) electrons. The minimum Gasteiger partial charge on any atom is -0.303 e. The Morgan fingerprint density at radius 1 is 1.38 bits per heavy atom. The molecule has 2 heterocycles. The Bertz CT molecular complexity index is 466. The van der Waals surface area contributed by atoms with E-state index >= 15 is 0 Å². The van der Waals surface area contributed by atoms with Crippen molar-refractivity contribution < 1.29 is 0 Å². The molecule has 16 heavy (non-hydrogen) atoms. The number of nitrogens with one attached hydrogen (secondary N) is 1. The van der Waals surface area contributed by atoms with Crippen LogP contribution in [0.1, 0.15) is 27.9 Å². The molecule has 0 fully saturated rings. The molecule has 1 atom stereocenters. The molecule has 0 aliphatic carbocycles. The number of aromatic nitrogens is 2. The summed E-state index contributed by atoms with van der Waals surface area (Å²) >= 11 is 9.10. The molecule has 0 aliphatic rings. The zero-order valence-corrected chi connectivity index (χ0v) is 11.4. The van der Waals surface area contributed by atoms with E-state index < -0.39 is 0 Å². The van der Waals surface area contributed by atoms with Crippen molar-refractivity contribution in [2.75, 3.05) is 0 Å². The average Bonchev–Trinajstić information content (AvgIpc) is 2.84. The summed E-state index contributed by atoms with van der Waals surface area (Å²) in [5.41, 5.74) is 0. The first-order valence-corrected chi connectivity index (χ1v) is 6.94. The van der Waals surface area contributed by atoms with Crippen LogP contribution in [0.3, 0.4) is 0 Å². The van der Waals surface area contributed by atoms with Gasteiger partial charge in [-0.15, -0.1) is 32.9 Å². The molecule has 2 rings (SSSR count). The van der Waals surface area contributed by atoms with Gasteiger partial charge in [0, 0.05) is 11.4 Å². The normalized spacial score (nSPS) is 12.9. The second-order valence-electron chi connectivity index (χ2n) is 3.47. The van der Waals surface area contributed by atoms with Gasteiger partial charge in [0.15, 0.2) is 0 Å². The van der Waals surface area contributed by atoms with Crippen molar-refractivity contribution in [2.24, 2.45) is 0 Å². The summed E-state index contributed by atoms with van der Waals surface area (Å²) in [7, 11) is 0. The molecule has 86 valence electrons. The minimum atomic E-state index is 0.229. The number of hydrogen-bond acceptors (Lipinski definition) is 5. The number of nitrogens with zero attached hydrogens (tertiary/aromatic N) is 2. The molecule has 0 amide bonds. The molecular formula is C10H12ClN3S2. The molecule has 3 nitrogen and oxygen atoms in total. The fraction of sp³-hybridized carbons (Fsp3) is 0.400. The van der Waals surface area contributed by atoms with Crippen molar-refractivity contribution in [3.05, 3.63) is 31.4 Å². The van der Waals surface area contributed by atoms with Gasteiger partial charge in [-0.25, -0.2) is 0 Å². The van der Waals surface area contributed by atoms with Gasteiger partial charge in [-0.1, -0.05) is 11.6 Å². The zero-order valence-electron chi connectivity index (χ0n) is 9.03. The first kappa shape index (κ1) is 12.0. The largest absolute Gasteiger partial charge is 0.303 e. The maximum absolute atomic E-state index is 5.87. The van der Waals surface area contributed by atoms with Crippen molar-refractivity contribution in [3.63, 3.8) is 0 Å². The first-order chi connectivity index (χ1) is 7.65. The highest BCUT2D eigenvalue weighted by atomic mass is 35.5. The molecule has 0 aromatic carbocycles. The van der Waals surface area contributed by atoms with Crippen LogP contribution in [0, 0.1) is 6.92 Å². The lowest BCUT2D eigenvalue weighted by atomic mass is 10.3. The molecule has 1 unspecified atom stereocenters. The van der Waals surface area contributed by atoms with Gasteiger partial charge in [0.2, 0.25) is 0 Å². The Morgan fingerprint density at radius 2 is 2.19 bits per heavy atom. The quantitative estimate of drug-likeness (QED) is 0.928. The second kappa shape index (κ2) is 5.23. The lowest BCUT2D eigenvalue weighted by Crippen LogP contribution is -2.17. The highest BCUT2D eigenvalue weighted by Gasteiger charge is 2.10. The van der Waals surface area contributed by atoms with E-state index in [1.807, 2.05) is 19.1 Å². The molecule has 0 aliphatic heterocycles. The van der Waals surface area contributed by atoms with Crippen LogP contribution in [0.2, 0.25) is 4.34 Å². The predicted molar refractivity (Wildman–Crippen MR) is 69.2 cm³/mol. The molecule has 0 saturated heterocycles. The van der Waals surface area contributed by atoms with E-state index in [9.17, 15) is 0 Å². The molecule has 0 bridgehead atoms. The monoisotopic (exact) mass is 273 g/mol. The highest BCUT2D eigenvalue weighted by molar-refractivity contribution is 7.16. The first-order valence-electron chi connectivity index (χ1n) is 4.93. The van der Waals surface area contributed by atoms with Crippen LogP contribution < -0.4 is 5.32 Å². The van der Waals surface area contributed by atoms with E-state index in [0.29, 0.717) is 0 Å². The van der Waals surface area contributed by atoms with E-state index in [1.165, 1.54) is 4.88 Å². The van der Waals surface area contributed by atoms with Crippen molar-refractivity contribution in [3.8, 4) is 0 Å². The number of rotatable bonds is 4. The molecule has 1 N–H and O–H groups in total. The number of thiophene rings is 1. The lowest BCUT2D eigenvalue weighted by Gasteiger charge is -2.08. The Balaban J connectivity index is 1.91. The number of hydrogen-bond donors (Lipinski definition) is 1. The smallest absolute Gasteiger partial charge is 0.134 e. The van der Waals surface area contributed by atoms with Crippen molar-refractivity contribution in [1.29, 1.82) is 0 Å². The molecule has 0 spiro atoms. The third-order valence-corrected chi connectivity index (χ3v) is 4.38. The summed E-state index contributed by atoms with van der Waals surface area (Å²) in [5, 5.41) is 13.6. The second-order valence-corrected chi connectivity index (χ2v) is 6.48. The summed E-state index contributed by atoms with van der Waals surface area (Å²) in [6.07, 6.45) is 0. The van der Waals surface area contributed by atoms with Crippen LogP contribution in [0.4, 0.5) is 0 Å². The summed E-state index contributed by atoms with van der Waals surface area (Å²) in [6, 6.07) is 4.19. The Hall–Kier alpha value is -0.490. The number of halogens is 1. The minimum absolute atomic E-state index is 0.229.